The van der Waals surface area contributed by atoms with Crippen LogP contribution in [0.25, 0.3) is 10.6 Å². The molecule has 25 heavy (non-hydrogen) atoms. The van der Waals surface area contributed by atoms with Crippen LogP contribution in [0.1, 0.15) is 25.7 Å². The van der Waals surface area contributed by atoms with E-state index in [4.69, 9.17) is 4.74 Å². The lowest BCUT2D eigenvalue weighted by Gasteiger charge is -2.30. The Kier molecular flexibility index (Phi) is 5.28. The van der Waals surface area contributed by atoms with Crippen LogP contribution in [-0.4, -0.2) is 29.2 Å². The third-order valence-electron chi connectivity index (χ3n) is 4.40. The fraction of sp³-hybridized carbons (Fsp3) is 0.412. The summed E-state index contributed by atoms with van der Waals surface area (Å²) in [5.74, 6) is -2.05. The van der Waals surface area contributed by atoms with E-state index in [1.54, 1.807) is 7.11 Å². The van der Waals surface area contributed by atoms with Gasteiger partial charge in [0, 0.05) is 23.4 Å². The maximum absolute atomic E-state index is 12.4. The second-order valence-electron chi connectivity index (χ2n) is 5.95. The first kappa shape index (κ1) is 17.3. The minimum Gasteiger partial charge on any atom is -0.550 e. The van der Waals surface area contributed by atoms with Crippen molar-refractivity contribution in [3.05, 3.63) is 24.3 Å². The number of carboxylic acid groups (broad SMARTS) is 1. The summed E-state index contributed by atoms with van der Waals surface area (Å²) in [6.45, 7) is 0. The molecule has 132 valence electrons. The number of carboxylic acids is 1. The fourth-order valence-electron chi connectivity index (χ4n) is 3.05. The maximum atomic E-state index is 12.4. The largest absolute Gasteiger partial charge is 0.550 e. The predicted molar refractivity (Wildman–Crippen MR) is 91.0 cm³/mol. The molecule has 3 rings (SSSR count). The topological polar surface area (TPSA) is 104 Å². The van der Waals surface area contributed by atoms with E-state index in [1.807, 2.05) is 24.3 Å². The number of hydrogen-bond acceptors (Lipinski definition) is 7. The number of nitrogens with zero attached hydrogens (tertiary/aromatic N) is 2. The Morgan fingerprint density at radius 2 is 1.84 bits per heavy atom. The summed E-state index contributed by atoms with van der Waals surface area (Å²) in [6, 6.07) is 7.36. The highest BCUT2D eigenvalue weighted by Crippen LogP contribution is 2.32. The fourth-order valence-corrected chi connectivity index (χ4v) is 3.80. The molecule has 7 nitrogen and oxygen atoms in total. The Morgan fingerprint density at radius 3 is 2.48 bits per heavy atom. The van der Waals surface area contributed by atoms with E-state index in [0.717, 1.165) is 24.2 Å². The van der Waals surface area contributed by atoms with E-state index in [1.165, 1.54) is 11.3 Å². The van der Waals surface area contributed by atoms with Gasteiger partial charge in [-0.25, -0.2) is 0 Å². The number of nitrogens with one attached hydrogen (secondary N) is 1. The van der Waals surface area contributed by atoms with Gasteiger partial charge < -0.3 is 20.0 Å². The zero-order valence-corrected chi connectivity index (χ0v) is 14.5. The number of amides is 1. The van der Waals surface area contributed by atoms with Crippen LogP contribution in [0.3, 0.4) is 0 Å². The van der Waals surface area contributed by atoms with Gasteiger partial charge >= 0.3 is 0 Å². The minimum atomic E-state index is -1.16. The first-order valence-corrected chi connectivity index (χ1v) is 8.90. The van der Waals surface area contributed by atoms with Crippen molar-refractivity contribution in [2.75, 3.05) is 12.4 Å². The van der Waals surface area contributed by atoms with E-state index in [9.17, 15) is 14.7 Å². The van der Waals surface area contributed by atoms with Gasteiger partial charge in [-0.3, -0.25) is 4.79 Å². The van der Waals surface area contributed by atoms with Crippen LogP contribution in [0.4, 0.5) is 5.13 Å². The molecule has 1 N–H and O–H groups in total. The van der Waals surface area contributed by atoms with Crippen LogP contribution in [0.15, 0.2) is 24.3 Å². The molecule has 0 aliphatic heterocycles. The highest BCUT2D eigenvalue weighted by atomic mass is 32.1. The maximum Gasteiger partial charge on any atom is 0.229 e. The summed E-state index contributed by atoms with van der Waals surface area (Å²) in [7, 11) is 1.60. The molecule has 2 atom stereocenters. The Hall–Kier alpha value is -2.48. The molecule has 1 saturated carbocycles. The van der Waals surface area contributed by atoms with Crippen molar-refractivity contribution in [1.82, 2.24) is 10.2 Å². The molecule has 2 unspecified atom stereocenters. The number of ether oxygens (including phenoxy) is 1. The monoisotopic (exact) mass is 360 g/mol. The molecule has 1 aliphatic rings. The average molecular weight is 360 g/mol. The van der Waals surface area contributed by atoms with E-state index in [2.05, 4.69) is 15.5 Å². The zero-order valence-electron chi connectivity index (χ0n) is 13.7. The van der Waals surface area contributed by atoms with Gasteiger partial charge in [-0.05, 0) is 37.1 Å². The highest BCUT2D eigenvalue weighted by Gasteiger charge is 2.32. The first-order chi connectivity index (χ1) is 12.1. The summed E-state index contributed by atoms with van der Waals surface area (Å²) in [4.78, 5) is 23.7. The third kappa shape index (κ3) is 3.96. The number of benzene rings is 1. The SMILES string of the molecule is COc1ccc(-c2nnc(NC(=O)C3CCCCC3C(=O)[O-])s2)cc1. The Balaban J connectivity index is 1.69. The summed E-state index contributed by atoms with van der Waals surface area (Å²) < 4.78 is 5.12. The van der Waals surface area contributed by atoms with Crippen LogP contribution in [-0.2, 0) is 9.59 Å². The summed E-state index contributed by atoms with van der Waals surface area (Å²) in [5.41, 5.74) is 0.865. The molecule has 0 spiro atoms. The number of aromatic nitrogens is 2. The molecular weight excluding hydrogens is 342 g/mol. The van der Waals surface area contributed by atoms with E-state index in [0.29, 0.717) is 23.0 Å². The molecule has 2 aromatic rings. The van der Waals surface area contributed by atoms with Crippen molar-refractivity contribution in [3.8, 4) is 16.3 Å². The van der Waals surface area contributed by atoms with Crippen LogP contribution >= 0.6 is 11.3 Å². The van der Waals surface area contributed by atoms with Gasteiger partial charge in [0.25, 0.3) is 0 Å². The van der Waals surface area contributed by atoms with Crippen LogP contribution in [0.5, 0.6) is 5.75 Å². The van der Waals surface area contributed by atoms with Crippen molar-refractivity contribution < 1.29 is 19.4 Å². The predicted octanol–water partition coefficient (Wildman–Crippen LogP) is 1.71. The molecule has 1 fully saturated rings. The number of rotatable bonds is 5. The van der Waals surface area contributed by atoms with Crippen molar-refractivity contribution >= 4 is 28.3 Å². The lowest BCUT2D eigenvalue weighted by Crippen LogP contribution is -2.42. The number of methoxy groups -OCH3 is 1. The molecule has 1 aliphatic carbocycles. The lowest BCUT2D eigenvalue weighted by atomic mass is 9.79. The summed E-state index contributed by atoms with van der Waals surface area (Å²) in [5, 5.41) is 23.0. The molecule has 8 heteroatoms. The first-order valence-electron chi connectivity index (χ1n) is 8.08. The average Bonchev–Trinajstić information content (AvgIpc) is 3.10. The number of hydrogen-bond donors (Lipinski definition) is 1. The van der Waals surface area contributed by atoms with E-state index >= 15 is 0 Å². The lowest BCUT2D eigenvalue weighted by molar-refractivity contribution is -0.313. The zero-order chi connectivity index (χ0) is 17.8. The van der Waals surface area contributed by atoms with Crippen molar-refractivity contribution in [3.63, 3.8) is 0 Å². The molecule has 1 aromatic heterocycles. The Labute approximate surface area is 149 Å². The Bertz CT molecular complexity index is 760. The molecule has 1 heterocycles. The summed E-state index contributed by atoms with van der Waals surface area (Å²) in [6.07, 6.45) is 2.68. The standard InChI is InChI=1S/C17H19N3O4S/c1-24-11-8-6-10(7-9-11)15-19-20-17(25-15)18-14(21)12-4-2-3-5-13(12)16(22)23/h6-9,12-13H,2-5H2,1H3,(H,22,23)(H,18,20,21)/p-1. The molecular formula is C17H18N3O4S-. The number of carbonyl (C=O) groups is 2. The van der Waals surface area contributed by atoms with Crippen molar-refractivity contribution in [1.29, 1.82) is 0 Å². The Morgan fingerprint density at radius 1 is 1.16 bits per heavy atom. The quantitative estimate of drug-likeness (QED) is 0.870. The van der Waals surface area contributed by atoms with Crippen LogP contribution < -0.4 is 15.2 Å². The summed E-state index contributed by atoms with van der Waals surface area (Å²) >= 11 is 1.24. The van der Waals surface area contributed by atoms with Gasteiger partial charge in [0.15, 0.2) is 0 Å². The van der Waals surface area contributed by atoms with E-state index < -0.39 is 17.8 Å². The smallest absolute Gasteiger partial charge is 0.229 e. The van der Waals surface area contributed by atoms with Gasteiger partial charge in [-0.2, -0.15) is 0 Å². The van der Waals surface area contributed by atoms with Crippen LogP contribution in [0, 0.1) is 11.8 Å². The van der Waals surface area contributed by atoms with Gasteiger partial charge in [-0.1, -0.05) is 24.2 Å². The third-order valence-corrected chi connectivity index (χ3v) is 5.29. The molecule has 0 bridgehead atoms. The van der Waals surface area contributed by atoms with Gasteiger partial charge in [0.05, 0.1) is 7.11 Å². The second kappa shape index (κ2) is 7.60. The second-order valence-corrected chi connectivity index (χ2v) is 6.92. The highest BCUT2D eigenvalue weighted by molar-refractivity contribution is 7.18. The van der Waals surface area contributed by atoms with Crippen molar-refractivity contribution in [2.45, 2.75) is 25.7 Å². The molecule has 0 saturated heterocycles. The number of aliphatic carboxylic acids is 1. The molecule has 1 amide bonds. The van der Waals surface area contributed by atoms with Gasteiger partial charge in [0.2, 0.25) is 11.0 Å². The minimum absolute atomic E-state index is 0.327. The van der Waals surface area contributed by atoms with E-state index in [-0.39, 0.29) is 5.91 Å². The molecule has 0 radical (unpaired) electrons. The number of anilines is 1. The van der Waals surface area contributed by atoms with Gasteiger partial charge in [0.1, 0.15) is 10.8 Å². The van der Waals surface area contributed by atoms with Crippen molar-refractivity contribution in [2.24, 2.45) is 11.8 Å². The molecule has 1 aromatic carbocycles. The normalized spacial score (nSPS) is 20.0. The van der Waals surface area contributed by atoms with Gasteiger partial charge in [-0.15, -0.1) is 10.2 Å². The number of carbonyl (C=O) groups excluding carboxylic acids is 2. The van der Waals surface area contributed by atoms with Crippen LogP contribution in [0.2, 0.25) is 0 Å².